The summed E-state index contributed by atoms with van der Waals surface area (Å²) in [5.41, 5.74) is 0.612. The van der Waals surface area contributed by atoms with E-state index in [1.54, 1.807) is 12.1 Å². The van der Waals surface area contributed by atoms with E-state index in [4.69, 9.17) is 4.74 Å². The lowest BCUT2D eigenvalue weighted by Crippen LogP contribution is -2.23. The normalized spacial score (nSPS) is 13.1. The van der Waals surface area contributed by atoms with Gasteiger partial charge in [-0.15, -0.1) is 0 Å². The van der Waals surface area contributed by atoms with Crippen molar-refractivity contribution in [2.45, 2.75) is 26.1 Å². The molecule has 0 aromatic heterocycles. The summed E-state index contributed by atoms with van der Waals surface area (Å²) in [6, 6.07) is 6.73. The molecular formula is C12H18FNO. The molecule has 0 aliphatic carbocycles. The molecule has 1 rings (SSSR count). The van der Waals surface area contributed by atoms with Gasteiger partial charge in [0.25, 0.3) is 0 Å². The predicted molar refractivity (Wildman–Crippen MR) is 59.3 cm³/mol. The van der Waals surface area contributed by atoms with E-state index in [1.165, 1.54) is 6.07 Å². The third-order valence-corrected chi connectivity index (χ3v) is 2.08. The number of nitrogens with one attached hydrogen (secondary N) is 1. The Balaban J connectivity index is 2.83. The van der Waals surface area contributed by atoms with E-state index in [1.807, 2.05) is 27.0 Å². The molecule has 0 unspecified atom stereocenters. The lowest BCUT2D eigenvalue weighted by atomic mass is 10.1. The number of rotatable bonds is 5. The molecular weight excluding hydrogens is 193 g/mol. The van der Waals surface area contributed by atoms with Crippen LogP contribution in [0, 0.1) is 5.82 Å². The van der Waals surface area contributed by atoms with Gasteiger partial charge in [0, 0.05) is 12.1 Å². The van der Waals surface area contributed by atoms with Gasteiger partial charge in [0.15, 0.2) is 0 Å². The van der Waals surface area contributed by atoms with Crippen molar-refractivity contribution in [1.82, 2.24) is 5.32 Å². The molecule has 0 saturated heterocycles. The fourth-order valence-electron chi connectivity index (χ4n) is 1.48. The zero-order chi connectivity index (χ0) is 11.3. The Morgan fingerprint density at radius 2 is 2.00 bits per heavy atom. The van der Waals surface area contributed by atoms with Gasteiger partial charge >= 0.3 is 0 Å². The van der Waals surface area contributed by atoms with Gasteiger partial charge in [-0.25, -0.2) is 4.39 Å². The van der Waals surface area contributed by atoms with Gasteiger partial charge in [-0.1, -0.05) is 18.2 Å². The van der Waals surface area contributed by atoms with Crippen LogP contribution in [-0.2, 0) is 4.74 Å². The lowest BCUT2D eigenvalue weighted by Gasteiger charge is -2.21. The number of halogens is 1. The second-order valence-electron chi connectivity index (χ2n) is 3.75. The van der Waals surface area contributed by atoms with E-state index in [-0.39, 0.29) is 18.0 Å². The Hall–Kier alpha value is -0.930. The standard InChI is InChI=1S/C12H18FNO/c1-9(2)15-12(8-14-3)10-6-4-5-7-11(10)13/h4-7,9,12,14H,8H2,1-3H3/t12-/m0/s1. The number of hydrogen-bond acceptors (Lipinski definition) is 2. The van der Waals surface area contributed by atoms with Gasteiger partial charge in [0.1, 0.15) is 5.82 Å². The molecule has 0 aliphatic rings. The lowest BCUT2D eigenvalue weighted by molar-refractivity contribution is 0.00627. The number of hydrogen-bond donors (Lipinski definition) is 1. The fraction of sp³-hybridized carbons (Fsp3) is 0.500. The predicted octanol–water partition coefficient (Wildman–Crippen LogP) is 2.51. The molecule has 0 radical (unpaired) electrons. The maximum absolute atomic E-state index is 13.5. The van der Waals surface area contributed by atoms with E-state index in [0.717, 1.165) is 0 Å². The van der Waals surface area contributed by atoms with Crippen LogP contribution in [0.1, 0.15) is 25.5 Å². The smallest absolute Gasteiger partial charge is 0.129 e. The van der Waals surface area contributed by atoms with Gasteiger partial charge in [-0.2, -0.15) is 0 Å². The highest BCUT2D eigenvalue weighted by molar-refractivity contribution is 5.20. The highest BCUT2D eigenvalue weighted by Crippen LogP contribution is 2.21. The fourth-order valence-corrected chi connectivity index (χ4v) is 1.48. The summed E-state index contributed by atoms with van der Waals surface area (Å²) in [5.74, 6) is -0.210. The van der Waals surface area contributed by atoms with Crippen LogP contribution in [0.3, 0.4) is 0 Å². The van der Waals surface area contributed by atoms with Crippen molar-refractivity contribution in [3.63, 3.8) is 0 Å². The third kappa shape index (κ3) is 3.61. The minimum Gasteiger partial charge on any atom is -0.369 e. The van der Waals surface area contributed by atoms with Crippen LogP contribution >= 0.6 is 0 Å². The highest BCUT2D eigenvalue weighted by Gasteiger charge is 2.16. The van der Waals surface area contributed by atoms with E-state index >= 15 is 0 Å². The zero-order valence-electron chi connectivity index (χ0n) is 9.46. The Morgan fingerprint density at radius 3 is 2.53 bits per heavy atom. The van der Waals surface area contributed by atoms with Crippen molar-refractivity contribution in [3.8, 4) is 0 Å². The maximum Gasteiger partial charge on any atom is 0.129 e. The highest BCUT2D eigenvalue weighted by atomic mass is 19.1. The van der Waals surface area contributed by atoms with Crippen molar-refractivity contribution in [2.75, 3.05) is 13.6 Å². The van der Waals surface area contributed by atoms with Gasteiger partial charge in [-0.05, 0) is 27.0 Å². The average molecular weight is 211 g/mol. The van der Waals surface area contributed by atoms with Gasteiger partial charge < -0.3 is 10.1 Å². The molecule has 0 fully saturated rings. The molecule has 1 aromatic rings. The number of benzene rings is 1. The second kappa shape index (κ2) is 5.83. The topological polar surface area (TPSA) is 21.3 Å². The average Bonchev–Trinajstić information content (AvgIpc) is 2.17. The minimum atomic E-state index is -0.226. The molecule has 0 saturated carbocycles. The Morgan fingerprint density at radius 1 is 1.33 bits per heavy atom. The molecule has 2 nitrogen and oxygen atoms in total. The first kappa shape index (κ1) is 12.1. The summed E-state index contributed by atoms with van der Waals surface area (Å²) < 4.78 is 19.2. The molecule has 0 bridgehead atoms. The minimum absolute atomic E-state index is 0.0861. The van der Waals surface area contributed by atoms with Crippen LogP contribution in [0.4, 0.5) is 4.39 Å². The number of ether oxygens (including phenoxy) is 1. The molecule has 0 heterocycles. The van der Waals surface area contributed by atoms with Gasteiger partial charge in [-0.3, -0.25) is 0 Å². The summed E-state index contributed by atoms with van der Waals surface area (Å²) in [7, 11) is 1.83. The first-order valence-corrected chi connectivity index (χ1v) is 5.19. The van der Waals surface area contributed by atoms with E-state index in [0.29, 0.717) is 12.1 Å². The molecule has 1 N–H and O–H groups in total. The molecule has 0 aliphatic heterocycles. The van der Waals surface area contributed by atoms with E-state index in [2.05, 4.69) is 5.32 Å². The van der Waals surface area contributed by atoms with Crippen molar-refractivity contribution in [2.24, 2.45) is 0 Å². The van der Waals surface area contributed by atoms with Crippen LogP contribution in [0.15, 0.2) is 24.3 Å². The van der Waals surface area contributed by atoms with Gasteiger partial charge in [0.2, 0.25) is 0 Å². The van der Waals surface area contributed by atoms with Crippen LogP contribution < -0.4 is 5.32 Å². The summed E-state index contributed by atoms with van der Waals surface area (Å²) in [6.45, 7) is 4.51. The van der Waals surface area contributed by atoms with Crippen LogP contribution in [0.2, 0.25) is 0 Å². The zero-order valence-corrected chi connectivity index (χ0v) is 9.46. The third-order valence-electron chi connectivity index (χ3n) is 2.08. The molecule has 1 atom stereocenters. The summed E-state index contributed by atoms with van der Waals surface area (Å²) in [5, 5.41) is 3.01. The van der Waals surface area contributed by atoms with E-state index < -0.39 is 0 Å². The van der Waals surface area contributed by atoms with Crippen molar-refractivity contribution >= 4 is 0 Å². The molecule has 3 heteroatoms. The van der Waals surface area contributed by atoms with Crippen molar-refractivity contribution in [3.05, 3.63) is 35.6 Å². The molecule has 0 spiro atoms. The monoisotopic (exact) mass is 211 g/mol. The largest absolute Gasteiger partial charge is 0.369 e. The Kier molecular flexibility index (Phi) is 4.72. The Labute approximate surface area is 90.4 Å². The SMILES string of the molecule is CNC[C@H](OC(C)C)c1ccccc1F. The number of likely N-dealkylation sites (N-methyl/N-ethyl adjacent to an activating group) is 1. The maximum atomic E-state index is 13.5. The van der Waals surface area contributed by atoms with Crippen molar-refractivity contribution < 1.29 is 9.13 Å². The summed E-state index contributed by atoms with van der Waals surface area (Å²) in [4.78, 5) is 0. The van der Waals surface area contributed by atoms with E-state index in [9.17, 15) is 4.39 Å². The second-order valence-corrected chi connectivity index (χ2v) is 3.75. The van der Waals surface area contributed by atoms with Crippen LogP contribution in [-0.4, -0.2) is 19.7 Å². The first-order chi connectivity index (χ1) is 7.15. The summed E-state index contributed by atoms with van der Waals surface area (Å²) in [6.07, 6.45) is -0.140. The van der Waals surface area contributed by atoms with Crippen LogP contribution in [0.5, 0.6) is 0 Å². The molecule has 1 aromatic carbocycles. The molecule has 0 amide bonds. The Bertz CT molecular complexity index is 301. The summed E-state index contributed by atoms with van der Waals surface area (Å²) >= 11 is 0. The van der Waals surface area contributed by atoms with Crippen LogP contribution in [0.25, 0.3) is 0 Å². The molecule has 15 heavy (non-hydrogen) atoms. The molecule has 84 valence electrons. The quantitative estimate of drug-likeness (QED) is 0.808. The van der Waals surface area contributed by atoms with Crippen molar-refractivity contribution in [1.29, 1.82) is 0 Å². The first-order valence-electron chi connectivity index (χ1n) is 5.19. The van der Waals surface area contributed by atoms with Gasteiger partial charge in [0.05, 0.1) is 12.2 Å².